The van der Waals surface area contributed by atoms with Gasteiger partial charge >= 0.3 is 5.97 Å². The van der Waals surface area contributed by atoms with Crippen LogP contribution < -0.4 is 4.90 Å². The lowest BCUT2D eigenvalue weighted by atomic mass is 10.1. The predicted molar refractivity (Wildman–Crippen MR) is 134 cm³/mol. The Kier molecular flexibility index (Phi) is 6.31. The first kappa shape index (κ1) is 22.8. The highest BCUT2D eigenvalue weighted by Gasteiger charge is 2.37. The van der Waals surface area contributed by atoms with Gasteiger partial charge in [0.1, 0.15) is 0 Å². The molecule has 0 atom stereocenters. The van der Waals surface area contributed by atoms with E-state index in [1.807, 2.05) is 42.5 Å². The lowest BCUT2D eigenvalue weighted by Crippen LogP contribution is -2.29. The smallest absolute Gasteiger partial charge is 0.338 e. The summed E-state index contributed by atoms with van der Waals surface area (Å²) < 4.78 is 5.12. The van der Waals surface area contributed by atoms with Gasteiger partial charge in [-0.05, 0) is 66.0 Å². The number of ketones is 1. The molecule has 0 spiro atoms. The number of nitrogens with zero attached hydrogens (tertiary/aromatic N) is 1. The van der Waals surface area contributed by atoms with Crippen LogP contribution in [0, 0.1) is 0 Å². The van der Waals surface area contributed by atoms with Gasteiger partial charge in [-0.25, -0.2) is 9.69 Å². The second kappa shape index (κ2) is 9.69. The van der Waals surface area contributed by atoms with Crippen LogP contribution >= 0.6 is 23.1 Å². The molecule has 4 aromatic rings. The van der Waals surface area contributed by atoms with E-state index in [9.17, 15) is 19.2 Å². The lowest BCUT2D eigenvalue weighted by molar-refractivity contribution is 0.0475. The Morgan fingerprint density at radius 2 is 1.51 bits per heavy atom. The highest BCUT2D eigenvalue weighted by molar-refractivity contribution is 7.99. The number of anilines is 1. The first-order valence-corrected chi connectivity index (χ1v) is 12.3. The molecule has 5 rings (SSSR count). The van der Waals surface area contributed by atoms with E-state index >= 15 is 0 Å². The number of imide groups is 1. The van der Waals surface area contributed by atoms with Gasteiger partial charge in [0.05, 0.1) is 27.3 Å². The molecule has 0 radical (unpaired) electrons. The van der Waals surface area contributed by atoms with E-state index in [1.165, 1.54) is 29.5 Å². The van der Waals surface area contributed by atoms with Crippen molar-refractivity contribution in [3.05, 3.63) is 112 Å². The molecule has 1 aliphatic heterocycles. The van der Waals surface area contributed by atoms with E-state index in [0.29, 0.717) is 10.6 Å². The zero-order valence-electron chi connectivity index (χ0n) is 18.2. The fourth-order valence-corrected chi connectivity index (χ4v) is 5.10. The van der Waals surface area contributed by atoms with Crippen molar-refractivity contribution >= 4 is 52.4 Å². The van der Waals surface area contributed by atoms with Crippen LogP contribution in [0.5, 0.6) is 0 Å². The number of benzene rings is 3. The number of rotatable bonds is 7. The molecule has 1 aromatic heterocycles. The van der Waals surface area contributed by atoms with Crippen LogP contribution in [0.4, 0.5) is 5.69 Å². The molecule has 3 aromatic carbocycles. The molecule has 35 heavy (non-hydrogen) atoms. The molecule has 6 nitrogen and oxygen atoms in total. The van der Waals surface area contributed by atoms with Crippen molar-refractivity contribution in [3.63, 3.8) is 0 Å². The Bertz CT molecular complexity index is 1430. The molecule has 2 heterocycles. The summed E-state index contributed by atoms with van der Waals surface area (Å²) in [5.41, 5.74) is 0.875. The Labute approximate surface area is 209 Å². The van der Waals surface area contributed by atoms with Gasteiger partial charge in [0.25, 0.3) is 11.8 Å². The van der Waals surface area contributed by atoms with Crippen LogP contribution in [0.25, 0.3) is 0 Å². The van der Waals surface area contributed by atoms with E-state index < -0.39 is 24.4 Å². The second-order valence-corrected chi connectivity index (χ2v) is 9.69. The minimum absolute atomic E-state index is 0.0975. The number of Topliss-reactive ketones (excluding diaryl/α,β-unsaturated/α-hetero) is 1. The number of amides is 2. The number of thiophene rings is 1. The van der Waals surface area contributed by atoms with Crippen LogP contribution in [-0.4, -0.2) is 30.2 Å². The van der Waals surface area contributed by atoms with Crippen LogP contribution in [-0.2, 0) is 4.74 Å². The van der Waals surface area contributed by atoms with Crippen molar-refractivity contribution < 1.29 is 23.9 Å². The Morgan fingerprint density at radius 1 is 0.800 bits per heavy atom. The third-order valence-corrected chi connectivity index (χ3v) is 7.25. The van der Waals surface area contributed by atoms with E-state index in [2.05, 4.69) is 0 Å². The van der Waals surface area contributed by atoms with E-state index in [0.717, 1.165) is 14.7 Å². The van der Waals surface area contributed by atoms with Crippen molar-refractivity contribution in [1.29, 1.82) is 0 Å². The summed E-state index contributed by atoms with van der Waals surface area (Å²) in [5, 5.41) is 1.76. The zero-order valence-corrected chi connectivity index (χ0v) is 19.8. The molecule has 0 aliphatic carbocycles. The summed E-state index contributed by atoms with van der Waals surface area (Å²) in [7, 11) is 0. The fourth-order valence-electron chi connectivity index (χ4n) is 3.61. The Morgan fingerprint density at radius 3 is 2.23 bits per heavy atom. The quantitative estimate of drug-likeness (QED) is 0.183. The van der Waals surface area contributed by atoms with Crippen molar-refractivity contribution in [1.82, 2.24) is 0 Å². The molecule has 0 fully saturated rings. The highest BCUT2D eigenvalue weighted by Crippen LogP contribution is 2.32. The van der Waals surface area contributed by atoms with Gasteiger partial charge in [-0.2, -0.15) is 0 Å². The van der Waals surface area contributed by atoms with Crippen molar-refractivity contribution in [2.24, 2.45) is 0 Å². The summed E-state index contributed by atoms with van der Waals surface area (Å²) in [6.45, 7) is -0.400. The molecular formula is C27H17NO5S2. The number of hydrogen-bond acceptors (Lipinski definition) is 7. The SMILES string of the molecule is O=C(OCC(=O)c1cccs1)c1ccc2c(c1)C(=O)N(c1ccc(Sc3ccccc3)cc1)C2=O. The number of carbonyl (C=O) groups is 4. The summed E-state index contributed by atoms with van der Waals surface area (Å²) in [6.07, 6.45) is 0. The molecule has 172 valence electrons. The molecule has 0 saturated heterocycles. The molecule has 0 saturated carbocycles. The summed E-state index contributed by atoms with van der Waals surface area (Å²) in [5.74, 6) is -2.02. The summed E-state index contributed by atoms with van der Waals surface area (Å²) in [6, 6.07) is 24.6. The Balaban J connectivity index is 1.30. The number of fused-ring (bicyclic) bond motifs is 1. The molecular weight excluding hydrogens is 482 g/mol. The maximum atomic E-state index is 13.1. The number of esters is 1. The first-order valence-electron chi connectivity index (χ1n) is 10.6. The van der Waals surface area contributed by atoms with Crippen LogP contribution in [0.1, 0.15) is 40.7 Å². The highest BCUT2D eigenvalue weighted by atomic mass is 32.2. The number of ether oxygens (including phenoxy) is 1. The van der Waals surface area contributed by atoms with Gasteiger partial charge in [-0.3, -0.25) is 14.4 Å². The van der Waals surface area contributed by atoms with Crippen molar-refractivity contribution in [3.8, 4) is 0 Å². The van der Waals surface area contributed by atoms with Crippen LogP contribution in [0.2, 0.25) is 0 Å². The second-order valence-electron chi connectivity index (χ2n) is 7.59. The normalized spacial score (nSPS) is 12.5. The standard InChI is InChI=1S/C27H17NO5S2/c29-23(24-7-4-14-34-24)16-33-27(32)17-8-13-21-22(15-17)26(31)28(25(21)30)18-9-11-20(12-10-18)35-19-5-2-1-3-6-19/h1-15H,16H2. The molecule has 0 bridgehead atoms. The third-order valence-electron chi connectivity index (χ3n) is 5.33. The van der Waals surface area contributed by atoms with Gasteiger partial charge < -0.3 is 4.74 Å². The molecule has 2 amide bonds. The van der Waals surface area contributed by atoms with Gasteiger partial charge in [0.15, 0.2) is 6.61 Å². The minimum Gasteiger partial charge on any atom is -0.454 e. The molecule has 0 unspecified atom stereocenters. The fraction of sp³-hybridized carbons (Fsp3) is 0.0370. The molecule has 1 aliphatic rings. The zero-order chi connectivity index (χ0) is 24.4. The maximum Gasteiger partial charge on any atom is 0.338 e. The minimum atomic E-state index is -0.737. The van der Waals surface area contributed by atoms with Gasteiger partial charge in [-0.15, -0.1) is 11.3 Å². The first-order chi connectivity index (χ1) is 17.0. The van der Waals surface area contributed by atoms with Gasteiger partial charge in [0, 0.05) is 9.79 Å². The maximum absolute atomic E-state index is 13.1. The van der Waals surface area contributed by atoms with E-state index in [-0.39, 0.29) is 22.5 Å². The average Bonchev–Trinajstić information content (AvgIpc) is 3.51. The Hall–Kier alpha value is -4.01. The topological polar surface area (TPSA) is 80.8 Å². The average molecular weight is 500 g/mol. The molecule has 8 heteroatoms. The van der Waals surface area contributed by atoms with E-state index in [1.54, 1.807) is 41.4 Å². The number of carbonyl (C=O) groups excluding carboxylic acids is 4. The van der Waals surface area contributed by atoms with Crippen molar-refractivity contribution in [2.45, 2.75) is 9.79 Å². The predicted octanol–water partition coefficient (Wildman–Crippen LogP) is 5.74. The van der Waals surface area contributed by atoms with Crippen LogP contribution in [0.3, 0.4) is 0 Å². The van der Waals surface area contributed by atoms with Crippen LogP contribution in [0.15, 0.2) is 100 Å². The number of hydrogen-bond donors (Lipinski definition) is 0. The third kappa shape index (κ3) is 4.66. The molecule has 0 N–H and O–H groups in total. The van der Waals surface area contributed by atoms with Gasteiger partial charge in [0.2, 0.25) is 5.78 Å². The largest absolute Gasteiger partial charge is 0.454 e. The summed E-state index contributed by atoms with van der Waals surface area (Å²) >= 11 is 2.84. The summed E-state index contributed by atoms with van der Waals surface area (Å²) in [4.78, 5) is 54.2. The van der Waals surface area contributed by atoms with Gasteiger partial charge in [-0.1, -0.05) is 36.0 Å². The van der Waals surface area contributed by atoms with Crippen molar-refractivity contribution in [2.75, 3.05) is 11.5 Å². The monoisotopic (exact) mass is 499 g/mol. The van der Waals surface area contributed by atoms with E-state index in [4.69, 9.17) is 4.74 Å². The lowest BCUT2D eigenvalue weighted by Gasteiger charge is -2.14.